The molecule has 0 aliphatic carbocycles. The van der Waals surface area contributed by atoms with Crippen LogP contribution < -0.4 is 11.1 Å². The van der Waals surface area contributed by atoms with Crippen LogP contribution in [0.25, 0.3) is 0 Å². The minimum atomic E-state index is -0.562. The second-order valence-electron chi connectivity index (χ2n) is 3.43. The average molecular weight is 194 g/mol. The fourth-order valence-electron chi connectivity index (χ4n) is 0.855. The molecule has 0 unspecified atom stereocenters. The first kappa shape index (κ1) is 10.4. The molecule has 0 spiro atoms. The SMILES string of the molecule is CC(C)CNc1cnc(C(N)=O)cn1. The van der Waals surface area contributed by atoms with Gasteiger partial charge < -0.3 is 11.1 Å². The van der Waals surface area contributed by atoms with E-state index < -0.39 is 5.91 Å². The maximum atomic E-state index is 10.7. The van der Waals surface area contributed by atoms with Crippen molar-refractivity contribution in [3.8, 4) is 0 Å². The van der Waals surface area contributed by atoms with Crippen LogP contribution in [0.3, 0.4) is 0 Å². The van der Waals surface area contributed by atoms with Crippen molar-refractivity contribution in [3.63, 3.8) is 0 Å². The van der Waals surface area contributed by atoms with E-state index in [2.05, 4.69) is 29.1 Å². The summed E-state index contributed by atoms with van der Waals surface area (Å²) in [6, 6.07) is 0. The Balaban J connectivity index is 2.60. The van der Waals surface area contributed by atoms with Crippen LogP contribution in [-0.4, -0.2) is 22.4 Å². The average Bonchev–Trinajstić information content (AvgIpc) is 2.15. The molecule has 0 aliphatic heterocycles. The zero-order valence-corrected chi connectivity index (χ0v) is 8.32. The number of carbonyl (C=O) groups is 1. The van der Waals surface area contributed by atoms with Crippen LogP contribution in [0.5, 0.6) is 0 Å². The summed E-state index contributed by atoms with van der Waals surface area (Å²) in [5.74, 6) is 0.629. The standard InChI is InChI=1S/C9H14N4O/c1-6(2)3-12-8-5-11-7(4-13-8)9(10)14/h4-6H,3H2,1-2H3,(H2,10,14)(H,12,13). The number of rotatable bonds is 4. The van der Waals surface area contributed by atoms with Gasteiger partial charge in [0.05, 0.1) is 12.4 Å². The number of carbonyl (C=O) groups excluding carboxylic acids is 1. The Hall–Kier alpha value is -1.65. The lowest BCUT2D eigenvalue weighted by atomic mass is 10.2. The van der Waals surface area contributed by atoms with Gasteiger partial charge in [-0.1, -0.05) is 13.8 Å². The zero-order chi connectivity index (χ0) is 10.6. The van der Waals surface area contributed by atoms with Crippen molar-refractivity contribution in [2.75, 3.05) is 11.9 Å². The Morgan fingerprint density at radius 1 is 1.50 bits per heavy atom. The zero-order valence-electron chi connectivity index (χ0n) is 8.32. The molecule has 3 N–H and O–H groups in total. The van der Waals surface area contributed by atoms with Crippen LogP contribution in [0.15, 0.2) is 12.4 Å². The Bertz CT molecular complexity index is 307. The summed E-state index contributed by atoms with van der Waals surface area (Å²) in [5, 5.41) is 3.08. The number of aromatic nitrogens is 2. The molecular formula is C9H14N4O. The molecule has 1 heterocycles. The van der Waals surface area contributed by atoms with Gasteiger partial charge >= 0.3 is 0 Å². The van der Waals surface area contributed by atoms with Crippen LogP contribution in [0.4, 0.5) is 5.82 Å². The highest BCUT2D eigenvalue weighted by molar-refractivity contribution is 5.90. The van der Waals surface area contributed by atoms with E-state index in [1.807, 2.05) is 0 Å². The van der Waals surface area contributed by atoms with Gasteiger partial charge in [-0.2, -0.15) is 0 Å². The summed E-state index contributed by atoms with van der Waals surface area (Å²) in [4.78, 5) is 18.5. The number of hydrogen-bond donors (Lipinski definition) is 2. The largest absolute Gasteiger partial charge is 0.369 e. The molecule has 0 radical (unpaired) electrons. The van der Waals surface area contributed by atoms with Crippen molar-refractivity contribution >= 4 is 11.7 Å². The maximum absolute atomic E-state index is 10.7. The molecule has 0 aromatic carbocycles. The number of amides is 1. The Morgan fingerprint density at radius 2 is 2.21 bits per heavy atom. The van der Waals surface area contributed by atoms with E-state index in [-0.39, 0.29) is 5.69 Å². The Labute approximate surface area is 82.7 Å². The number of nitrogens with zero attached hydrogens (tertiary/aromatic N) is 2. The van der Waals surface area contributed by atoms with Gasteiger partial charge in [0.25, 0.3) is 5.91 Å². The molecule has 14 heavy (non-hydrogen) atoms. The lowest BCUT2D eigenvalue weighted by Gasteiger charge is -2.07. The van der Waals surface area contributed by atoms with Gasteiger partial charge in [-0.05, 0) is 5.92 Å². The van der Waals surface area contributed by atoms with Crippen LogP contribution in [0, 0.1) is 5.92 Å². The summed E-state index contributed by atoms with van der Waals surface area (Å²) >= 11 is 0. The highest BCUT2D eigenvalue weighted by Gasteiger charge is 2.02. The first-order valence-electron chi connectivity index (χ1n) is 4.45. The number of hydrogen-bond acceptors (Lipinski definition) is 4. The second kappa shape index (κ2) is 4.55. The molecular weight excluding hydrogens is 180 g/mol. The van der Waals surface area contributed by atoms with Crippen LogP contribution >= 0.6 is 0 Å². The third kappa shape index (κ3) is 3.01. The summed E-state index contributed by atoms with van der Waals surface area (Å²) < 4.78 is 0. The summed E-state index contributed by atoms with van der Waals surface area (Å²) in [6.07, 6.45) is 2.87. The van der Waals surface area contributed by atoms with Gasteiger partial charge in [0.1, 0.15) is 11.5 Å². The molecule has 0 atom stereocenters. The molecule has 76 valence electrons. The fourth-order valence-corrected chi connectivity index (χ4v) is 0.855. The predicted octanol–water partition coefficient (Wildman–Crippen LogP) is 0.643. The van der Waals surface area contributed by atoms with Crippen LogP contribution in [0.1, 0.15) is 24.3 Å². The Morgan fingerprint density at radius 3 is 2.64 bits per heavy atom. The first-order chi connectivity index (χ1) is 6.59. The third-order valence-electron chi connectivity index (χ3n) is 1.60. The molecule has 0 fully saturated rings. The lowest BCUT2D eigenvalue weighted by Crippen LogP contribution is -2.14. The van der Waals surface area contributed by atoms with Crippen LogP contribution in [0.2, 0.25) is 0 Å². The van der Waals surface area contributed by atoms with Gasteiger partial charge in [0.15, 0.2) is 0 Å². The lowest BCUT2D eigenvalue weighted by molar-refractivity contribution is 0.0995. The van der Waals surface area contributed by atoms with E-state index in [1.165, 1.54) is 12.4 Å². The normalized spacial score (nSPS) is 10.2. The quantitative estimate of drug-likeness (QED) is 0.737. The molecule has 5 nitrogen and oxygen atoms in total. The number of primary amides is 1. The molecule has 1 aromatic rings. The van der Waals surface area contributed by atoms with Crippen molar-refractivity contribution < 1.29 is 4.79 Å². The van der Waals surface area contributed by atoms with Gasteiger partial charge in [-0.25, -0.2) is 9.97 Å². The molecule has 0 saturated heterocycles. The summed E-state index contributed by atoms with van der Waals surface area (Å²) in [6.45, 7) is 5.01. The topological polar surface area (TPSA) is 80.9 Å². The van der Waals surface area contributed by atoms with Crippen molar-refractivity contribution in [1.82, 2.24) is 9.97 Å². The molecule has 1 amide bonds. The van der Waals surface area contributed by atoms with Crippen molar-refractivity contribution in [2.24, 2.45) is 11.7 Å². The van der Waals surface area contributed by atoms with Gasteiger partial charge in [-0.15, -0.1) is 0 Å². The number of nitrogens with two attached hydrogens (primary N) is 1. The minimum absolute atomic E-state index is 0.181. The molecule has 0 aliphatic rings. The summed E-state index contributed by atoms with van der Waals surface area (Å²) in [7, 11) is 0. The highest BCUT2D eigenvalue weighted by Crippen LogP contribution is 2.02. The summed E-state index contributed by atoms with van der Waals surface area (Å²) in [5.41, 5.74) is 5.20. The van der Waals surface area contributed by atoms with E-state index in [9.17, 15) is 4.79 Å². The van der Waals surface area contributed by atoms with Crippen molar-refractivity contribution in [2.45, 2.75) is 13.8 Å². The third-order valence-corrected chi connectivity index (χ3v) is 1.60. The predicted molar refractivity (Wildman–Crippen MR) is 53.9 cm³/mol. The van der Waals surface area contributed by atoms with Gasteiger partial charge in [0, 0.05) is 6.54 Å². The van der Waals surface area contributed by atoms with Crippen molar-refractivity contribution in [3.05, 3.63) is 18.1 Å². The molecule has 5 heteroatoms. The number of nitrogens with one attached hydrogen (secondary N) is 1. The van der Waals surface area contributed by atoms with E-state index in [4.69, 9.17) is 5.73 Å². The minimum Gasteiger partial charge on any atom is -0.369 e. The van der Waals surface area contributed by atoms with Gasteiger partial charge in [0.2, 0.25) is 0 Å². The van der Waals surface area contributed by atoms with Crippen LogP contribution in [-0.2, 0) is 0 Å². The van der Waals surface area contributed by atoms with Gasteiger partial charge in [-0.3, -0.25) is 4.79 Å². The maximum Gasteiger partial charge on any atom is 0.268 e. The molecule has 1 rings (SSSR count). The first-order valence-corrected chi connectivity index (χ1v) is 4.45. The van der Waals surface area contributed by atoms with E-state index >= 15 is 0 Å². The smallest absolute Gasteiger partial charge is 0.268 e. The molecule has 0 bridgehead atoms. The molecule has 0 saturated carbocycles. The van der Waals surface area contributed by atoms with E-state index in [1.54, 1.807) is 0 Å². The Kier molecular flexibility index (Phi) is 3.39. The molecule has 1 aromatic heterocycles. The highest BCUT2D eigenvalue weighted by atomic mass is 16.1. The monoisotopic (exact) mass is 194 g/mol. The van der Waals surface area contributed by atoms with E-state index in [0.29, 0.717) is 11.7 Å². The van der Waals surface area contributed by atoms with E-state index in [0.717, 1.165) is 6.54 Å². The second-order valence-corrected chi connectivity index (χ2v) is 3.43. The number of anilines is 1. The van der Waals surface area contributed by atoms with Crippen molar-refractivity contribution in [1.29, 1.82) is 0 Å². The fraction of sp³-hybridized carbons (Fsp3) is 0.444.